The minimum Gasteiger partial charge on any atom is -0.493 e. The van der Waals surface area contributed by atoms with Crippen molar-refractivity contribution in [2.45, 2.75) is 10.9 Å². The predicted molar refractivity (Wildman–Crippen MR) is 123 cm³/mol. The minimum absolute atomic E-state index is 0.103. The number of nitrogens with two attached hydrogens (primary N) is 1. The Morgan fingerprint density at radius 1 is 1.13 bits per heavy atom. The number of rotatable bonds is 7. The number of nitrogens with zero attached hydrogens (tertiary/aromatic N) is 1. The highest BCUT2D eigenvalue weighted by atomic mass is 35.5. The van der Waals surface area contributed by atoms with Crippen molar-refractivity contribution in [3.63, 3.8) is 0 Å². The van der Waals surface area contributed by atoms with Crippen molar-refractivity contribution < 1.29 is 14.3 Å². The monoisotopic (exact) mass is 480 g/mol. The number of nitrogens with one attached hydrogen (secondary N) is 2. The third kappa shape index (κ3) is 5.43. The molecule has 162 valence electrons. The molecule has 31 heavy (non-hydrogen) atoms. The van der Waals surface area contributed by atoms with Gasteiger partial charge < -0.3 is 20.5 Å². The highest BCUT2D eigenvalue weighted by Gasteiger charge is 2.16. The van der Waals surface area contributed by atoms with Crippen LogP contribution in [0.2, 0.25) is 10.0 Å². The molecule has 0 radical (unpaired) electrons. The molecular weight excluding hydrogens is 463 g/mol. The molecule has 0 saturated carbocycles. The number of nitrogen functional groups attached to an aromatic ring is 1. The quantitative estimate of drug-likeness (QED) is 0.342. The predicted octanol–water partition coefficient (Wildman–Crippen LogP) is 4.22. The molecule has 0 bridgehead atoms. The zero-order valence-electron chi connectivity index (χ0n) is 16.5. The Bertz CT molecular complexity index is 1190. The first-order valence-corrected chi connectivity index (χ1v) is 10.6. The fourth-order valence-electron chi connectivity index (χ4n) is 2.60. The number of hydrogen-bond acceptors (Lipinski definition) is 7. The van der Waals surface area contributed by atoms with E-state index >= 15 is 0 Å². The summed E-state index contributed by atoms with van der Waals surface area (Å²) in [6.07, 6.45) is 0. The van der Waals surface area contributed by atoms with Gasteiger partial charge in [-0.2, -0.15) is 0 Å². The largest absolute Gasteiger partial charge is 0.493 e. The third-order valence-electron chi connectivity index (χ3n) is 4.17. The molecule has 1 amide bonds. The number of benzene rings is 2. The van der Waals surface area contributed by atoms with Gasteiger partial charge in [0.05, 0.1) is 24.3 Å². The van der Waals surface area contributed by atoms with Crippen molar-refractivity contribution in [3.8, 4) is 11.5 Å². The summed E-state index contributed by atoms with van der Waals surface area (Å²) >= 11 is 13.2. The van der Waals surface area contributed by atoms with Crippen molar-refractivity contribution in [3.05, 3.63) is 67.9 Å². The van der Waals surface area contributed by atoms with Gasteiger partial charge >= 0.3 is 0 Å². The average Bonchev–Trinajstić information content (AvgIpc) is 2.76. The Kier molecular flexibility index (Phi) is 7.32. The number of carbonyl (C=O) groups is 1. The lowest BCUT2D eigenvalue weighted by molar-refractivity contribution is 0.102. The van der Waals surface area contributed by atoms with Crippen LogP contribution in [0.15, 0.2) is 46.3 Å². The van der Waals surface area contributed by atoms with E-state index in [4.69, 9.17) is 38.4 Å². The molecule has 0 aliphatic carbocycles. The number of carbonyl (C=O) groups excluding carboxylic acids is 1. The molecule has 0 atom stereocenters. The number of H-pyrrole nitrogens is 1. The summed E-state index contributed by atoms with van der Waals surface area (Å²) in [5, 5.41) is 3.69. The van der Waals surface area contributed by atoms with Gasteiger partial charge in [-0.15, -0.1) is 0 Å². The zero-order valence-corrected chi connectivity index (χ0v) is 18.8. The fraction of sp³-hybridized carbons (Fsp3) is 0.150. The molecule has 3 rings (SSSR count). The van der Waals surface area contributed by atoms with Crippen LogP contribution in [0.1, 0.15) is 15.9 Å². The second-order valence-corrected chi connectivity index (χ2v) is 7.97. The molecule has 2 aromatic carbocycles. The highest BCUT2D eigenvalue weighted by Crippen LogP contribution is 2.29. The maximum absolute atomic E-state index is 12.6. The van der Waals surface area contributed by atoms with E-state index in [1.165, 1.54) is 38.1 Å². The topological polar surface area (TPSA) is 119 Å². The van der Waals surface area contributed by atoms with Gasteiger partial charge in [-0.05, 0) is 35.9 Å². The lowest BCUT2D eigenvalue weighted by atomic mass is 10.2. The molecule has 0 saturated heterocycles. The number of aromatic amines is 1. The van der Waals surface area contributed by atoms with Gasteiger partial charge in [0.1, 0.15) is 5.69 Å². The van der Waals surface area contributed by atoms with Crippen molar-refractivity contribution in [1.82, 2.24) is 9.97 Å². The number of thioether (sulfide) groups is 1. The van der Waals surface area contributed by atoms with Crippen LogP contribution in [-0.2, 0) is 5.75 Å². The lowest BCUT2D eigenvalue weighted by Gasteiger charge is -2.11. The van der Waals surface area contributed by atoms with Gasteiger partial charge in [0, 0.05) is 11.3 Å². The molecule has 0 spiro atoms. The van der Waals surface area contributed by atoms with Crippen LogP contribution >= 0.6 is 35.0 Å². The van der Waals surface area contributed by atoms with Crippen molar-refractivity contribution in [1.29, 1.82) is 0 Å². The Balaban J connectivity index is 1.75. The van der Waals surface area contributed by atoms with Crippen LogP contribution in [0.5, 0.6) is 11.5 Å². The molecule has 11 heteroatoms. The van der Waals surface area contributed by atoms with Crippen molar-refractivity contribution in [2.24, 2.45) is 0 Å². The van der Waals surface area contributed by atoms with Crippen LogP contribution < -0.4 is 26.1 Å². The number of methoxy groups -OCH3 is 2. The summed E-state index contributed by atoms with van der Waals surface area (Å²) in [6, 6.07) is 9.86. The van der Waals surface area contributed by atoms with E-state index in [9.17, 15) is 9.59 Å². The normalized spacial score (nSPS) is 10.6. The SMILES string of the molecule is COc1ccc(C(=O)Nc2c(N)nc(SCc3ccc(Cl)c(Cl)c3)[nH]c2=O)cc1OC. The smallest absolute Gasteiger partial charge is 0.277 e. The second-order valence-electron chi connectivity index (χ2n) is 6.19. The summed E-state index contributed by atoms with van der Waals surface area (Å²) in [7, 11) is 2.95. The first kappa shape index (κ1) is 22.8. The van der Waals surface area contributed by atoms with E-state index < -0.39 is 11.5 Å². The number of aromatic nitrogens is 2. The van der Waals surface area contributed by atoms with E-state index in [0.717, 1.165) is 5.56 Å². The van der Waals surface area contributed by atoms with E-state index in [2.05, 4.69) is 15.3 Å². The van der Waals surface area contributed by atoms with Crippen LogP contribution in [0.3, 0.4) is 0 Å². The summed E-state index contributed by atoms with van der Waals surface area (Å²) in [5.41, 5.74) is 6.36. The number of halogens is 2. The molecule has 0 fully saturated rings. The first-order valence-electron chi connectivity index (χ1n) is 8.82. The average molecular weight is 481 g/mol. The Hall–Kier alpha value is -2.88. The van der Waals surface area contributed by atoms with E-state index in [-0.39, 0.29) is 17.1 Å². The molecule has 0 aliphatic heterocycles. The van der Waals surface area contributed by atoms with E-state index in [1.807, 2.05) is 6.07 Å². The van der Waals surface area contributed by atoms with Crippen molar-refractivity contribution >= 4 is 52.4 Å². The summed E-state index contributed by atoms with van der Waals surface area (Å²) < 4.78 is 10.3. The maximum atomic E-state index is 12.6. The summed E-state index contributed by atoms with van der Waals surface area (Å²) in [5.74, 6) is 0.687. The third-order valence-corrected chi connectivity index (χ3v) is 5.85. The Morgan fingerprint density at radius 2 is 1.87 bits per heavy atom. The molecule has 8 nitrogen and oxygen atoms in total. The van der Waals surface area contributed by atoms with Gasteiger partial charge in [-0.3, -0.25) is 14.6 Å². The van der Waals surface area contributed by atoms with Gasteiger partial charge in [-0.1, -0.05) is 41.0 Å². The van der Waals surface area contributed by atoms with Crippen LogP contribution in [-0.4, -0.2) is 30.1 Å². The van der Waals surface area contributed by atoms with Gasteiger partial charge in [-0.25, -0.2) is 4.98 Å². The number of hydrogen-bond donors (Lipinski definition) is 3. The summed E-state index contributed by atoms with van der Waals surface area (Å²) in [4.78, 5) is 31.8. The fourth-order valence-corrected chi connectivity index (χ4v) is 3.73. The molecule has 0 aliphatic rings. The Labute approximate surface area is 192 Å². The number of ether oxygens (including phenoxy) is 2. The minimum atomic E-state index is -0.571. The van der Waals surface area contributed by atoms with Crippen LogP contribution in [0.25, 0.3) is 0 Å². The van der Waals surface area contributed by atoms with E-state index in [0.29, 0.717) is 32.5 Å². The molecule has 4 N–H and O–H groups in total. The number of amides is 1. The molecule has 1 aromatic heterocycles. The maximum Gasteiger partial charge on any atom is 0.277 e. The lowest BCUT2D eigenvalue weighted by Crippen LogP contribution is -2.23. The van der Waals surface area contributed by atoms with Crippen molar-refractivity contribution in [2.75, 3.05) is 25.3 Å². The van der Waals surface area contributed by atoms with Crippen LogP contribution in [0, 0.1) is 0 Å². The molecular formula is C20H18Cl2N4O4S. The second kappa shape index (κ2) is 9.95. The molecule has 1 heterocycles. The van der Waals surface area contributed by atoms with Gasteiger partial charge in [0.15, 0.2) is 22.5 Å². The zero-order chi connectivity index (χ0) is 22.5. The first-order chi connectivity index (χ1) is 14.8. The summed E-state index contributed by atoms with van der Waals surface area (Å²) in [6.45, 7) is 0. The number of anilines is 2. The molecule has 0 unspecified atom stereocenters. The van der Waals surface area contributed by atoms with Crippen LogP contribution in [0.4, 0.5) is 11.5 Å². The molecule has 3 aromatic rings. The van der Waals surface area contributed by atoms with Gasteiger partial charge in [0.25, 0.3) is 11.5 Å². The Morgan fingerprint density at radius 3 is 2.52 bits per heavy atom. The standard InChI is InChI=1S/C20H18Cl2N4O4S/c1-29-14-6-4-11(8-15(14)30-2)18(27)24-16-17(23)25-20(26-19(16)28)31-9-10-3-5-12(21)13(22)7-10/h3-8H,9H2,1-2H3,(H,24,27)(H3,23,25,26,28). The van der Waals surface area contributed by atoms with E-state index in [1.54, 1.807) is 18.2 Å². The van der Waals surface area contributed by atoms with Gasteiger partial charge in [0.2, 0.25) is 0 Å². The highest BCUT2D eigenvalue weighted by molar-refractivity contribution is 7.98.